The van der Waals surface area contributed by atoms with Gasteiger partial charge in [-0.15, -0.1) is 0 Å². The summed E-state index contributed by atoms with van der Waals surface area (Å²) in [5.41, 5.74) is 1.37. The van der Waals surface area contributed by atoms with E-state index in [4.69, 9.17) is 5.11 Å². The van der Waals surface area contributed by atoms with Gasteiger partial charge < -0.3 is 10.1 Å². The predicted octanol–water partition coefficient (Wildman–Crippen LogP) is 2.67. The molecule has 0 aliphatic heterocycles. The predicted molar refractivity (Wildman–Crippen MR) is 61.0 cm³/mol. The Morgan fingerprint density at radius 2 is 2.00 bits per heavy atom. The summed E-state index contributed by atoms with van der Waals surface area (Å²) in [6.07, 6.45) is -4.86. The number of para-hydroxylation sites is 2. The van der Waals surface area contributed by atoms with Crippen LogP contribution in [0.5, 0.6) is 0 Å². The highest BCUT2D eigenvalue weighted by Crippen LogP contribution is 2.31. The highest BCUT2D eigenvalue weighted by Gasteiger charge is 2.39. The number of aliphatic hydroxyl groups is 1. The molecule has 0 saturated carbocycles. The molecule has 0 fully saturated rings. The third kappa shape index (κ3) is 2.81. The Bertz CT molecular complexity index is 488. The van der Waals surface area contributed by atoms with Crippen molar-refractivity contribution < 1.29 is 18.3 Å². The number of H-pyrrole nitrogens is 1. The van der Waals surface area contributed by atoms with Crippen molar-refractivity contribution in [2.24, 2.45) is 5.92 Å². The second-order valence-corrected chi connectivity index (χ2v) is 4.16. The molecule has 0 spiro atoms. The van der Waals surface area contributed by atoms with Crippen molar-refractivity contribution in [1.82, 2.24) is 9.97 Å². The van der Waals surface area contributed by atoms with Gasteiger partial charge in [-0.05, 0) is 18.6 Å². The fourth-order valence-electron chi connectivity index (χ4n) is 1.87. The van der Waals surface area contributed by atoms with Crippen molar-refractivity contribution in [3.8, 4) is 0 Å². The molecule has 1 aromatic carbocycles. The van der Waals surface area contributed by atoms with Crippen molar-refractivity contribution in [2.45, 2.75) is 19.0 Å². The molecular formula is C12H13F3N2O. The lowest BCUT2D eigenvalue weighted by Crippen LogP contribution is -2.26. The van der Waals surface area contributed by atoms with E-state index < -0.39 is 18.7 Å². The Balaban J connectivity index is 2.20. The number of imidazole rings is 1. The van der Waals surface area contributed by atoms with Crippen LogP contribution >= 0.6 is 0 Å². The highest BCUT2D eigenvalue weighted by atomic mass is 19.4. The molecule has 0 unspecified atom stereocenters. The molecule has 0 aliphatic rings. The second-order valence-electron chi connectivity index (χ2n) is 4.16. The van der Waals surface area contributed by atoms with E-state index in [2.05, 4.69) is 9.97 Å². The fraction of sp³-hybridized carbons (Fsp3) is 0.417. The molecule has 2 N–H and O–H groups in total. The minimum atomic E-state index is -4.32. The zero-order chi connectivity index (χ0) is 13.2. The molecule has 1 aromatic heterocycles. The third-order valence-corrected chi connectivity index (χ3v) is 2.82. The monoisotopic (exact) mass is 258 g/mol. The number of aliphatic hydroxyl groups excluding tert-OH is 1. The Labute approximate surface area is 102 Å². The van der Waals surface area contributed by atoms with Crippen LogP contribution in [0.2, 0.25) is 0 Å². The van der Waals surface area contributed by atoms with E-state index in [1.165, 1.54) is 0 Å². The number of halogens is 3. The van der Waals surface area contributed by atoms with Gasteiger partial charge in [0.2, 0.25) is 0 Å². The van der Waals surface area contributed by atoms with Crippen molar-refractivity contribution in [2.75, 3.05) is 6.61 Å². The zero-order valence-corrected chi connectivity index (χ0v) is 9.54. The number of nitrogens with zero attached hydrogens (tertiary/aromatic N) is 1. The number of alkyl halides is 3. The molecule has 2 aromatic rings. The number of aromatic amines is 1. The van der Waals surface area contributed by atoms with Gasteiger partial charge >= 0.3 is 6.18 Å². The number of aromatic nitrogens is 2. The lowest BCUT2D eigenvalue weighted by molar-refractivity contribution is -0.178. The SMILES string of the molecule is OCC[C@H](Cc1nc2ccccc2[nH]1)C(F)(F)F. The zero-order valence-electron chi connectivity index (χ0n) is 9.54. The number of rotatable bonds is 4. The van der Waals surface area contributed by atoms with E-state index in [1.54, 1.807) is 24.3 Å². The summed E-state index contributed by atoms with van der Waals surface area (Å²) >= 11 is 0. The maximum absolute atomic E-state index is 12.7. The van der Waals surface area contributed by atoms with Gasteiger partial charge in [0.05, 0.1) is 17.0 Å². The average Bonchev–Trinajstić information content (AvgIpc) is 2.69. The molecule has 0 aliphatic carbocycles. The van der Waals surface area contributed by atoms with Crippen LogP contribution < -0.4 is 0 Å². The number of hydrogen-bond acceptors (Lipinski definition) is 2. The maximum Gasteiger partial charge on any atom is 0.392 e. The van der Waals surface area contributed by atoms with Crippen LogP contribution in [0.4, 0.5) is 13.2 Å². The van der Waals surface area contributed by atoms with Crippen LogP contribution in [0.3, 0.4) is 0 Å². The minimum absolute atomic E-state index is 0.237. The van der Waals surface area contributed by atoms with Gasteiger partial charge in [-0.1, -0.05) is 12.1 Å². The Hall–Kier alpha value is -1.56. The fourth-order valence-corrected chi connectivity index (χ4v) is 1.87. The number of nitrogens with one attached hydrogen (secondary N) is 1. The lowest BCUT2D eigenvalue weighted by atomic mass is 10.0. The van der Waals surface area contributed by atoms with E-state index >= 15 is 0 Å². The number of hydrogen-bond donors (Lipinski definition) is 2. The summed E-state index contributed by atoms with van der Waals surface area (Å²) in [4.78, 5) is 6.97. The molecule has 0 radical (unpaired) electrons. The first-order valence-corrected chi connectivity index (χ1v) is 5.62. The van der Waals surface area contributed by atoms with E-state index in [1.807, 2.05) is 0 Å². The summed E-state index contributed by atoms with van der Waals surface area (Å²) in [5, 5.41) is 8.69. The van der Waals surface area contributed by atoms with Crippen molar-refractivity contribution in [1.29, 1.82) is 0 Å². The Morgan fingerprint density at radius 1 is 1.28 bits per heavy atom. The van der Waals surface area contributed by atoms with Gasteiger partial charge in [0.25, 0.3) is 0 Å². The highest BCUT2D eigenvalue weighted by molar-refractivity contribution is 5.74. The van der Waals surface area contributed by atoms with E-state index in [9.17, 15) is 13.2 Å². The maximum atomic E-state index is 12.7. The second kappa shape index (κ2) is 4.97. The molecule has 18 heavy (non-hydrogen) atoms. The molecule has 3 nitrogen and oxygen atoms in total. The van der Waals surface area contributed by atoms with Gasteiger partial charge in [0, 0.05) is 13.0 Å². The molecule has 1 atom stereocenters. The summed E-state index contributed by atoms with van der Waals surface area (Å²) in [6, 6.07) is 7.08. The van der Waals surface area contributed by atoms with Crippen LogP contribution in [0.1, 0.15) is 12.2 Å². The van der Waals surface area contributed by atoms with Gasteiger partial charge in [-0.25, -0.2) is 4.98 Å². The first-order chi connectivity index (χ1) is 8.50. The average molecular weight is 258 g/mol. The van der Waals surface area contributed by atoms with Crippen molar-refractivity contribution in [3.05, 3.63) is 30.1 Å². The van der Waals surface area contributed by atoms with Crippen LogP contribution in [-0.4, -0.2) is 27.9 Å². The molecule has 0 bridgehead atoms. The largest absolute Gasteiger partial charge is 0.396 e. The van der Waals surface area contributed by atoms with Gasteiger partial charge in [-0.2, -0.15) is 13.2 Å². The van der Waals surface area contributed by atoms with E-state index in [0.29, 0.717) is 11.3 Å². The summed E-state index contributed by atoms with van der Waals surface area (Å²) in [7, 11) is 0. The standard InChI is InChI=1S/C12H13F3N2O/c13-12(14,15)8(5-6-18)7-11-16-9-3-1-2-4-10(9)17-11/h1-4,8,18H,5-7H2,(H,16,17)/t8-/m1/s1. The van der Waals surface area contributed by atoms with E-state index in [-0.39, 0.29) is 12.8 Å². The van der Waals surface area contributed by atoms with E-state index in [0.717, 1.165) is 5.52 Å². The normalized spacial score (nSPS) is 14.0. The van der Waals surface area contributed by atoms with Crippen molar-refractivity contribution >= 4 is 11.0 Å². The molecule has 0 amide bonds. The first kappa shape index (κ1) is 12.9. The molecule has 0 saturated heterocycles. The van der Waals surface area contributed by atoms with Gasteiger partial charge in [0.15, 0.2) is 0 Å². The van der Waals surface area contributed by atoms with Crippen LogP contribution in [0.15, 0.2) is 24.3 Å². The van der Waals surface area contributed by atoms with Crippen LogP contribution in [0, 0.1) is 5.92 Å². The lowest BCUT2D eigenvalue weighted by Gasteiger charge is -2.17. The molecule has 6 heteroatoms. The summed E-state index contributed by atoms with van der Waals surface area (Å²) in [6.45, 7) is -0.482. The topological polar surface area (TPSA) is 48.9 Å². The number of fused-ring (bicyclic) bond motifs is 1. The van der Waals surface area contributed by atoms with Crippen molar-refractivity contribution in [3.63, 3.8) is 0 Å². The van der Waals surface area contributed by atoms with Gasteiger partial charge in [-0.3, -0.25) is 0 Å². The van der Waals surface area contributed by atoms with Crippen LogP contribution in [-0.2, 0) is 6.42 Å². The Morgan fingerprint density at radius 3 is 2.61 bits per heavy atom. The summed E-state index contributed by atoms with van der Waals surface area (Å²) in [5.74, 6) is -1.27. The minimum Gasteiger partial charge on any atom is -0.396 e. The van der Waals surface area contributed by atoms with Gasteiger partial charge in [0.1, 0.15) is 5.82 Å². The van der Waals surface area contributed by atoms with Crippen LogP contribution in [0.25, 0.3) is 11.0 Å². The Kier molecular flexibility index (Phi) is 3.56. The number of benzene rings is 1. The summed E-state index contributed by atoms with van der Waals surface area (Å²) < 4.78 is 38.1. The smallest absolute Gasteiger partial charge is 0.392 e. The molecule has 2 rings (SSSR count). The third-order valence-electron chi connectivity index (χ3n) is 2.82. The molecule has 98 valence electrons. The quantitative estimate of drug-likeness (QED) is 0.885. The molecule has 1 heterocycles. The molecular weight excluding hydrogens is 245 g/mol. The first-order valence-electron chi connectivity index (χ1n) is 5.62.